The molecule has 0 unspecified atom stereocenters. The number of azide groups is 1. The third kappa shape index (κ3) is 3.53. The first-order chi connectivity index (χ1) is 10.7. The van der Waals surface area contributed by atoms with Gasteiger partial charge in [-0.3, -0.25) is 4.79 Å². The third-order valence-corrected chi connectivity index (χ3v) is 2.89. The lowest BCUT2D eigenvalue weighted by molar-refractivity contribution is 0.111. The Morgan fingerprint density at radius 3 is 2.64 bits per heavy atom. The van der Waals surface area contributed by atoms with Crippen molar-refractivity contribution < 1.29 is 18.7 Å². The van der Waals surface area contributed by atoms with E-state index in [-0.39, 0.29) is 23.6 Å². The van der Waals surface area contributed by atoms with E-state index >= 15 is 0 Å². The van der Waals surface area contributed by atoms with Gasteiger partial charge in [-0.1, -0.05) is 17.2 Å². The van der Waals surface area contributed by atoms with Crippen LogP contribution in [-0.2, 0) is 6.61 Å². The van der Waals surface area contributed by atoms with Crippen LogP contribution in [0.4, 0.5) is 10.1 Å². The number of rotatable bonds is 6. The van der Waals surface area contributed by atoms with E-state index in [1.54, 1.807) is 31.4 Å². The molecule has 0 heterocycles. The summed E-state index contributed by atoms with van der Waals surface area (Å²) in [5.74, 6) is -0.245. The van der Waals surface area contributed by atoms with Crippen molar-refractivity contribution in [3.63, 3.8) is 0 Å². The monoisotopic (exact) mass is 301 g/mol. The van der Waals surface area contributed by atoms with Crippen LogP contribution in [0.1, 0.15) is 15.9 Å². The molecule has 2 aromatic carbocycles. The maximum Gasteiger partial charge on any atom is 0.166 e. The molecule has 6 nitrogen and oxygen atoms in total. The second-order valence-electron chi connectivity index (χ2n) is 4.29. The molecule has 0 spiro atoms. The van der Waals surface area contributed by atoms with Crippen LogP contribution in [0.25, 0.3) is 10.4 Å². The van der Waals surface area contributed by atoms with Gasteiger partial charge in [-0.25, -0.2) is 4.39 Å². The molecule has 2 rings (SSSR count). The number of aldehydes is 1. The number of ether oxygens (including phenoxy) is 2. The predicted octanol–water partition coefficient (Wildman–Crippen LogP) is 4.17. The van der Waals surface area contributed by atoms with Crippen molar-refractivity contribution in [1.29, 1.82) is 0 Å². The molecule has 0 aliphatic carbocycles. The van der Waals surface area contributed by atoms with E-state index in [0.29, 0.717) is 12.0 Å². The zero-order valence-corrected chi connectivity index (χ0v) is 11.7. The average molecular weight is 301 g/mol. The molecule has 2 aromatic rings. The number of benzene rings is 2. The number of carbonyl (C=O) groups excluding carboxylic acids is 1. The van der Waals surface area contributed by atoms with E-state index in [2.05, 4.69) is 10.0 Å². The summed E-state index contributed by atoms with van der Waals surface area (Å²) in [5.41, 5.74) is 9.13. The highest BCUT2D eigenvalue weighted by molar-refractivity contribution is 5.81. The molecule has 112 valence electrons. The van der Waals surface area contributed by atoms with E-state index in [9.17, 15) is 9.18 Å². The minimum absolute atomic E-state index is 0.0129. The van der Waals surface area contributed by atoms with Crippen molar-refractivity contribution in [1.82, 2.24) is 0 Å². The number of methoxy groups -OCH3 is 1. The molecule has 22 heavy (non-hydrogen) atoms. The van der Waals surface area contributed by atoms with Crippen molar-refractivity contribution in [2.75, 3.05) is 7.11 Å². The Bertz CT molecular complexity index is 726. The molecule has 0 N–H and O–H groups in total. The quantitative estimate of drug-likeness (QED) is 0.347. The van der Waals surface area contributed by atoms with Gasteiger partial charge in [0.2, 0.25) is 0 Å². The van der Waals surface area contributed by atoms with E-state index in [4.69, 9.17) is 15.0 Å². The average Bonchev–Trinajstić information content (AvgIpc) is 2.54. The molecule has 0 aromatic heterocycles. The first-order valence-corrected chi connectivity index (χ1v) is 6.27. The molecule has 0 bridgehead atoms. The van der Waals surface area contributed by atoms with E-state index in [0.717, 1.165) is 11.6 Å². The maximum atomic E-state index is 14.0. The highest BCUT2D eigenvalue weighted by Crippen LogP contribution is 2.28. The summed E-state index contributed by atoms with van der Waals surface area (Å²) in [6, 6.07) is 9.31. The molecule has 0 amide bonds. The largest absolute Gasteiger partial charge is 0.497 e. The number of halogens is 1. The summed E-state index contributed by atoms with van der Waals surface area (Å²) < 4.78 is 24.4. The van der Waals surface area contributed by atoms with Gasteiger partial charge in [0.05, 0.1) is 12.7 Å². The fourth-order valence-corrected chi connectivity index (χ4v) is 1.83. The van der Waals surface area contributed by atoms with Crippen LogP contribution >= 0.6 is 0 Å². The fourth-order valence-electron chi connectivity index (χ4n) is 1.83. The number of hydrogen-bond acceptors (Lipinski definition) is 4. The van der Waals surface area contributed by atoms with E-state index in [1.165, 1.54) is 6.07 Å². The summed E-state index contributed by atoms with van der Waals surface area (Å²) in [5, 5.41) is 3.27. The fraction of sp³-hybridized carbons (Fsp3) is 0.133. The SMILES string of the molecule is COc1ccc(COc2c(F)cc(N=[N+]=[N-])cc2C=O)cc1. The van der Waals surface area contributed by atoms with Crippen molar-refractivity contribution in [3.8, 4) is 11.5 Å². The minimum Gasteiger partial charge on any atom is -0.497 e. The summed E-state index contributed by atoms with van der Waals surface area (Å²) >= 11 is 0. The third-order valence-electron chi connectivity index (χ3n) is 2.89. The van der Waals surface area contributed by atoms with Crippen molar-refractivity contribution in [2.45, 2.75) is 6.61 Å². The van der Waals surface area contributed by atoms with Gasteiger partial charge in [0, 0.05) is 10.6 Å². The van der Waals surface area contributed by atoms with Crippen LogP contribution in [0.3, 0.4) is 0 Å². The van der Waals surface area contributed by atoms with Crippen LogP contribution in [0, 0.1) is 5.82 Å². The summed E-state index contributed by atoms with van der Waals surface area (Å²) in [6.45, 7) is 0.0859. The number of carbonyl (C=O) groups is 1. The molecular weight excluding hydrogens is 289 g/mol. The normalized spacial score (nSPS) is 9.73. The zero-order chi connectivity index (χ0) is 15.9. The van der Waals surface area contributed by atoms with Crippen molar-refractivity contribution in [2.24, 2.45) is 5.11 Å². The van der Waals surface area contributed by atoms with Crippen LogP contribution in [-0.4, -0.2) is 13.4 Å². The van der Waals surface area contributed by atoms with Gasteiger partial charge in [-0.05, 0) is 35.4 Å². The van der Waals surface area contributed by atoms with Gasteiger partial charge in [-0.15, -0.1) is 0 Å². The van der Waals surface area contributed by atoms with Gasteiger partial charge < -0.3 is 9.47 Å². The van der Waals surface area contributed by atoms with Crippen LogP contribution in [0.5, 0.6) is 11.5 Å². The predicted molar refractivity (Wildman–Crippen MR) is 77.9 cm³/mol. The van der Waals surface area contributed by atoms with Crippen LogP contribution < -0.4 is 9.47 Å². The Balaban J connectivity index is 2.21. The molecule has 7 heteroatoms. The first-order valence-electron chi connectivity index (χ1n) is 6.27. The second-order valence-corrected chi connectivity index (χ2v) is 4.29. The lowest BCUT2D eigenvalue weighted by Gasteiger charge is -2.10. The summed E-state index contributed by atoms with van der Waals surface area (Å²) in [6.07, 6.45) is 0.447. The number of nitrogens with zero attached hydrogens (tertiary/aromatic N) is 3. The Labute approximate surface area is 125 Å². The molecule has 0 saturated heterocycles. The summed E-state index contributed by atoms with van der Waals surface area (Å²) in [4.78, 5) is 13.6. The Hall–Kier alpha value is -3.05. The second kappa shape index (κ2) is 7.10. The molecule has 0 radical (unpaired) electrons. The first kappa shape index (κ1) is 15.3. The van der Waals surface area contributed by atoms with E-state index in [1.807, 2.05) is 0 Å². The van der Waals surface area contributed by atoms with Gasteiger partial charge in [0.25, 0.3) is 0 Å². The molecule has 0 saturated carbocycles. The van der Waals surface area contributed by atoms with Crippen molar-refractivity contribution >= 4 is 12.0 Å². The molecular formula is C15H12FN3O3. The standard InChI is InChI=1S/C15H12FN3O3/c1-21-13-4-2-10(3-5-13)9-22-15-11(8-20)6-12(18-19-17)7-14(15)16/h2-8H,9H2,1H3. The highest BCUT2D eigenvalue weighted by atomic mass is 19.1. The molecule has 0 fully saturated rings. The van der Waals surface area contributed by atoms with Crippen LogP contribution in [0.2, 0.25) is 0 Å². The smallest absolute Gasteiger partial charge is 0.166 e. The number of hydrogen-bond donors (Lipinski definition) is 0. The van der Waals surface area contributed by atoms with Gasteiger partial charge in [0.1, 0.15) is 12.4 Å². The Morgan fingerprint density at radius 2 is 2.05 bits per heavy atom. The summed E-state index contributed by atoms with van der Waals surface area (Å²) in [7, 11) is 1.56. The topological polar surface area (TPSA) is 84.3 Å². The molecule has 0 aliphatic rings. The van der Waals surface area contributed by atoms with Gasteiger partial charge in [-0.2, -0.15) is 0 Å². The maximum absolute atomic E-state index is 14.0. The lowest BCUT2D eigenvalue weighted by atomic mass is 10.2. The van der Waals surface area contributed by atoms with Crippen LogP contribution in [0.15, 0.2) is 41.5 Å². The van der Waals surface area contributed by atoms with Gasteiger partial charge >= 0.3 is 0 Å². The zero-order valence-electron chi connectivity index (χ0n) is 11.7. The van der Waals surface area contributed by atoms with Gasteiger partial charge in [0.15, 0.2) is 17.9 Å². The highest BCUT2D eigenvalue weighted by Gasteiger charge is 2.12. The molecule has 0 atom stereocenters. The molecule has 0 aliphatic heterocycles. The van der Waals surface area contributed by atoms with Crippen molar-refractivity contribution in [3.05, 3.63) is 63.8 Å². The minimum atomic E-state index is -0.763. The Kier molecular flexibility index (Phi) is 4.95. The van der Waals surface area contributed by atoms with E-state index < -0.39 is 5.82 Å². The lowest BCUT2D eigenvalue weighted by Crippen LogP contribution is -2.01. The Morgan fingerprint density at radius 1 is 1.32 bits per heavy atom.